The van der Waals surface area contributed by atoms with Gasteiger partial charge in [0.15, 0.2) is 5.75 Å². The van der Waals surface area contributed by atoms with Crippen molar-refractivity contribution in [3.63, 3.8) is 0 Å². The van der Waals surface area contributed by atoms with Crippen LogP contribution in [0.1, 0.15) is 75.9 Å². The molecule has 1 unspecified atom stereocenters. The van der Waals surface area contributed by atoms with E-state index in [0.717, 1.165) is 6.42 Å². The minimum atomic E-state index is -0.879. The Bertz CT molecular complexity index is 966. The van der Waals surface area contributed by atoms with Gasteiger partial charge in [-0.25, -0.2) is 9.59 Å². The molecule has 180 valence electrons. The molecule has 3 saturated carbocycles. The maximum absolute atomic E-state index is 12.6. The SMILES string of the molecule is COC(=O)c1c(C)ccc(CB2OC3C[C@@H]4C[C@@H](C4(C)C)[C@]3(C)O2)c1OC(=O)OC(C)(C)C. The predicted molar refractivity (Wildman–Crippen MR) is 123 cm³/mol. The summed E-state index contributed by atoms with van der Waals surface area (Å²) in [7, 11) is 0.804. The first-order chi connectivity index (χ1) is 15.3. The summed E-state index contributed by atoms with van der Waals surface area (Å²) in [6.07, 6.45) is 1.65. The number of esters is 1. The molecule has 3 aliphatic carbocycles. The molecular formula is C25H35BO7. The molecule has 7 nitrogen and oxygen atoms in total. The average Bonchev–Trinajstić information content (AvgIpc) is 3.03. The molecule has 0 aromatic heterocycles. The van der Waals surface area contributed by atoms with Crippen LogP contribution in [0, 0.1) is 24.2 Å². The largest absolute Gasteiger partial charge is 0.514 e. The topological polar surface area (TPSA) is 80.3 Å². The van der Waals surface area contributed by atoms with Crippen LogP contribution in [0.15, 0.2) is 12.1 Å². The van der Waals surface area contributed by atoms with E-state index < -0.39 is 24.8 Å². The molecule has 8 heteroatoms. The fourth-order valence-corrected chi connectivity index (χ4v) is 5.93. The quantitative estimate of drug-likeness (QED) is 0.361. The summed E-state index contributed by atoms with van der Waals surface area (Å²) in [4.78, 5) is 25.1. The van der Waals surface area contributed by atoms with Gasteiger partial charge in [0, 0.05) is 6.32 Å². The summed E-state index contributed by atoms with van der Waals surface area (Å²) in [5, 5.41) is 0. The molecule has 1 aliphatic heterocycles. The highest BCUT2D eigenvalue weighted by Gasteiger charge is 2.67. The van der Waals surface area contributed by atoms with E-state index in [9.17, 15) is 9.59 Å². The molecule has 0 spiro atoms. The van der Waals surface area contributed by atoms with E-state index in [-0.39, 0.29) is 28.4 Å². The predicted octanol–water partition coefficient (Wildman–Crippen LogP) is 4.91. The van der Waals surface area contributed by atoms with Gasteiger partial charge in [0.1, 0.15) is 11.2 Å². The molecule has 0 amide bonds. The van der Waals surface area contributed by atoms with Crippen molar-refractivity contribution < 1.29 is 33.1 Å². The van der Waals surface area contributed by atoms with Gasteiger partial charge >= 0.3 is 19.2 Å². The van der Waals surface area contributed by atoms with E-state index in [0.29, 0.717) is 29.3 Å². The molecule has 2 bridgehead atoms. The normalized spacial score (nSPS) is 29.7. The van der Waals surface area contributed by atoms with Crippen molar-refractivity contribution in [2.45, 2.75) is 84.9 Å². The zero-order chi connectivity index (χ0) is 24.3. The second-order valence-electron chi connectivity index (χ2n) is 11.4. The Hall–Kier alpha value is -2.06. The molecule has 1 aromatic carbocycles. The maximum atomic E-state index is 12.6. The number of rotatable bonds is 4. The standard InChI is InChI=1S/C25H35BO7/c1-14-9-10-15(20(19(14)21(27)29-8)30-22(28)31-23(2,3)4)13-26-32-18-12-16-11-17(24(16,5)6)25(18,7)33-26/h9-10,16-18H,11-13H2,1-8H3/t16-,17-,18?,25-/m0/s1. The Morgan fingerprint density at radius 3 is 2.48 bits per heavy atom. The number of hydrogen-bond donors (Lipinski definition) is 0. The summed E-state index contributed by atoms with van der Waals surface area (Å²) in [6.45, 7) is 13.8. The lowest BCUT2D eigenvalue weighted by molar-refractivity contribution is -0.199. The molecule has 0 N–H and O–H groups in total. The van der Waals surface area contributed by atoms with Crippen LogP contribution in [0.5, 0.6) is 5.75 Å². The minimum Gasteiger partial charge on any atom is -0.465 e. The third kappa shape index (κ3) is 4.16. The number of carbonyl (C=O) groups excluding carboxylic acids is 2. The minimum absolute atomic E-state index is 0.0417. The summed E-state index contributed by atoms with van der Waals surface area (Å²) >= 11 is 0. The van der Waals surface area contributed by atoms with Crippen molar-refractivity contribution in [1.29, 1.82) is 0 Å². The summed E-state index contributed by atoms with van der Waals surface area (Å²) in [6, 6.07) is 3.65. The number of aryl methyl sites for hydroxylation is 1. The van der Waals surface area contributed by atoms with Crippen molar-refractivity contribution >= 4 is 19.2 Å². The number of hydrogen-bond acceptors (Lipinski definition) is 7. The van der Waals surface area contributed by atoms with Crippen LogP contribution in [0.3, 0.4) is 0 Å². The van der Waals surface area contributed by atoms with Crippen LogP contribution >= 0.6 is 0 Å². The van der Waals surface area contributed by atoms with Crippen LogP contribution in [0.2, 0.25) is 0 Å². The monoisotopic (exact) mass is 458 g/mol. The Balaban J connectivity index is 1.61. The second kappa shape index (κ2) is 8.02. The zero-order valence-corrected chi connectivity index (χ0v) is 20.9. The van der Waals surface area contributed by atoms with Crippen molar-refractivity contribution in [3.8, 4) is 5.75 Å². The molecule has 1 heterocycles. The van der Waals surface area contributed by atoms with Gasteiger partial charge in [-0.15, -0.1) is 0 Å². The first-order valence-corrected chi connectivity index (χ1v) is 11.7. The lowest BCUT2D eigenvalue weighted by atomic mass is 9.43. The number of benzene rings is 1. The van der Waals surface area contributed by atoms with E-state index in [2.05, 4.69) is 20.8 Å². The van der Waals surface area contributed by atoms with E-state index in [4.69, 9.17) is 23.5 Å². The highest BCUT2D eigenvalue weighted by Crippen LogP contribution is 2.65. The third-order valence-electron chi connectivity index (χ3n) is 7.80. The van der Waals surface area contributed by atoms with Gasteiger partial charge in [-0.3, -0.25) is 0 Å². The first kappa shape index (κ1) is 24.1. The molecule has 4 atom stereocenters. The van der Waals surface area contributed by atoms with E-state index >= 15 is 0 Å². The summed E-state index contributed by atoms with van der Waals surface area (Å²) in [5.41, 5.74) is 0.640. The van der Waals surface area contributed by atoms with Crippen molar-refractivity contribution in [2.24, 2.45) is 17.3 Å². The molecular weight excluding hydrogens is 423 g/mol. The number of carbonyl (C=O) groups is 2. The summed E-state index contributed by atoms with van der Waals surface area (Å²) < 4.78 is 28.8. The number of ether oxygens (including phenoxy) is 3. The van der Waals surface area contributed by atoms with E-state index in [1.54, 1.807) is 27.7 Å². The van der Waals surface area contributed by atoms with Crippen LogP contribution in [0.25, 0.3) is 0 Å². The Labute approximate surface area is 196 Å². The van der Waals surface area contributed by atoms with Crippen LogP contribution in [0.4, 0.5) is 4.79 Å². The molecule has 1 saturated heterocycles. The second-order valence-corrected chi connectivity index (χ2v) is 11.4. The van der Waals surface area contributed by atoms with Crippen molar-refractivity contribution in [2.75, 3.05) is 7.11 Å². The van der Waals surface area contributed by atoms with Crippen molar-refractivity contribution in [3.05, 3.63) is 28.8 Å². The molecule has 1 aromatic rings. The van der Waals surface area contributed by atoms with Gasteiger partial charge < -0.3 is 23.5 Å². The zero-order valence-electron chi connectivity index (χ0n) is 20.9. The maximum Gasteiger partial charge on any atom is 0.514 e. The van der Waals surface area contributed by atoms with Crippen LogP contribution < -0.4 is 4.74 Å². The molecule has 0 radical (unpaired) electrons. The average molecular weight is 458 g/mol. The van der Waals surface area contributed by atoms with Gasteiger partial charge in [0.2, 0.25) is 0 Å². The van der Waals surface area contributed by atoms with E-state index in [1.807, 2.05) is 12.1 Å². The Morgan fingerprint density at radius 1 is 1.18 bits per heavy atom. The van der Waals surface area contributed by atoms with Crippen LogP contribution in [-0.2, 0) is 25.1 Å². The summed E-state index contributed by atoms with van der Waals surface area (Å²) in [5.74, 6) is 0.650. The van der Waals surface area contributed by atoms with E-state index in [1.165, 1.54) is 13.5 Å². The highest BCUT2D eigenvalue weighted by molar-refractivity contribution is 6.45. The molecule has 4 fully saturated rings. The van der Waals surface area contributed by atoms with Crippen LogP contribution in [-0.4, -0.2) is 43.7 Å². The number of methoxy groups -OCH3 is 1. The smallest absolute Gasteiger partial charge is 0.465 e. The fraction of sp³-hybridized carbons (Fsp3) is 0.680. The fourth-order valence-electron chi connectivity index (χ4n) is 5.93. The van der Waals surface area contributed by atoms with Gasteiger partial charge in [-0.2, -0.15) is 0 Å². The van der Waals surface area contributed by atoms with Crippen molar-refractivity contribution in [1.82, 2.24) is 0 Å². The highest BCUT2D eigenvalue weighted by atomic mass is 16.7. The van der Waals surface area contributed by atoms with Gasteiger partial charge in [0.25, 0.3) is 0 Å². The Kier molecular flexibility index (Phi) is 5.85. The Morgan fingerprint density at radius 2 is 1.88 bits per heavy atom. The lowest BCUT2D eigenvalue weighted by Gasteiger charge is -2.64. The molecule has 5 rings (SSSR count). The van der Waals surface area contributed by atoms with Gasteiger partial charge in [0.05, 0.1) is 18.8 Å². The molecule has 4 aliphatic rings. The third-order valence-corrected chi connectivity index (χ3v) is 7.80. The first-order valence-electron chi connectivity index (χ1n) is 11.7. The van der Waals surface area contributed by atoms with Gasteiger partial charge in [-0.05, 0) is 75.8 Å². The van der Waals surface area contributed by atoms with Gasteiger partial charge in [-0.1, -0.05) is 26.0 Å². The lowest BCUT2D eigenvalue weighted by Crippen LogP contribution is -2.65. The molecule has 33 heavy (non-hydrogen) atoms.